The molecule has 2 heteroatoms. The Morgan fingerprint density at radius 2 is 2.09 bits per heavy atom. The molecule has 1 nitrogen and oxygen atoms in total. The molecule has 0 spiro atoms. The van der Waals surface area contributed by atoms with Crippen molar-refractivity contribution in [1.82, 2.24) is 0 Å². The van der Waals surface area contributed by atoms with E-state index in [2.05, 4.69) is 6.58 Å². The van der Waals surface area contributed by atoms with Gasteiger partial charge in [0.15, 0.2) is 0 Å². The fourth-order valence-corrected chi connectivity index (χ4v) is 0.792. The van der Waals surface area contributed by atoms with Crippen LogP contribution >= 0.6 is 11.6 Å². The highest BCUT2D eigenvalue weighted by molar-refractivity contribution is 6.68. The maximum absolute atomic E-state index is 10.7. The van der Waals surface area contributed by atoms with E-state index < -0.39 is 5.24 Å². The summed E-state index contributed by atoms with van der Waals surface area (Å²) in [7, 11) is 0. The van der Waals surface area contributed by atoms with E-state index in [1.165, 1.54) is 0 Å². The summed E-state index contributed by atoms with van der Waals surface area (Å²) in [4.78, 5) is 10.7. The number of rotatable bonds is 3. The summed E-state index contributed by atoms with van der Waals surface area (Å²) < 4.78 is 0. The fourth-order valence-electron chi connectivity index (χ4n) is 0.568. The van der Waals surface area contributed by atoms with E-state index in [4.69, 9.17) is 11.6 Å². The molecule has 0 amide bonds. The molecule has 60 valence electrons. The molecule has 0 aromatic carbocycles. The molecular formula is C9H11ClO. The third kappa shape index (κ3) is 3.79. The lowest BCUT2D eigenvalue weighted by Crippen LogP contribution is -1.93. The van der Waals surface area contributed by atoms with E-state index in [1.54, 1.807) is 19.1 Å². The molecule has 0 aromatic heterocycles. The van der Waals surface area contributed by atoms with Crippen LogP contribution in [0.3, 0.4) is 0 Å². The fraction of sp³-hybridized carbons (Fsp3) is 0.222. The molecular weight excluding hydrogens is 160 g/mol. The van der Waals surface area contributed by atoms with Crippen LogP contribution in [0, 0.1) is 0 Å². The normalized spacial score (nSPS) is 12.1. The third-order valence-corrected chi connectivity index (χ3v) is 1.33. The van der Waals surface area contributed by atoms with Gasteiger partial charge >= 0.3 is 0 Å². The summed E-state index contributed by atoms with van der Waals surface area (Å²) in [6, 6.07) is 0. The Kier molecular flexibility index (Phi) is 4.55. The van der Waals surface area contributed by atoms with Gasteiger partial charge in [-0.2, -0.15) is 0 Å². The van der Waals surface area contributed by atoms with Gasteiger partial charge in [0, 0.05) is 5.57 Å². The van der Waals surface area contributed by atoms with Crippen LogP contribution in [0.5, 0.6) is 0 Å². The van der Waals surface area contributed by atoms with Gasteiger partial charge in [-0.1, -0.05) is 24.8 Å². The monoisotopic (exact) mass is 170 g/mol. The molecule has 0 aliphatic carbocycles. The first-order chi connectivity index (χ1) is 5.09. The smallest absolute Gasteiger partial charge is 0.252 e. The predicted molar refractivity (Wildman–Crippen MR) is 48.6 cm³/mol. The van der Waals surface area contributed by atoms with Gasteiger partial charge in [-0.15, -0.1) is 0 Å². The summed E-state index contributed by atoms with van der Waals surface area (Å²) >= 11 is 5.27. The highest BCUT2D eigenvalue weighted by atomic mass is 35.5. The van der Waals surface area contributed by atoms with Crippen molar-refractivity contribution < 1.29 is 4.79 Å². The number of halogens is 1. The Labute approximate surface area is 72.1 Å². The largest absolute Gasteiger partial charge is 0.276 e. The lowest BCUT2D eigenvalue weighted by Gasteiger charge is -1.96. The van der Waals surface area contributed by atoms with Crippen molar-refractivity contribution in [2.24, 2.45) is 0 Å². The zero-order valence-corrected chi connectivity index (χ0v) is 7.48. The van der Waals surface area contributed by atoms with Gasteiger partial charge in [-0.3, -0.25) is 4.79 Å². The van der Waals surface area contributed by atoms with E-state index in [9.17, 15) is 4.79 Å². The molecule has 0 aliphatic rings. The lowest BCUT2D eigenvalue weighted by atomic mass is 10.1. The Morgan fingerprint density at radius 1 is 1.55 bits per heavy atom. The maximum Gasteiger partial charge on any atom is 0.252 e. The van der Waals surface area contributed by atoms with Crippen LogP contribution in [0.4, 0.5) is 0 Å². The van der Waals surface area contributed by atoms with Crippen LogP contribution in [-0.4, -0.2) is 5.24 Å². The van der Waals surface area contributed by atoms with Crippen molar-refractivity contribution in [2.75, 3.05) is 0 Å². The lowest BCUT2D eigenvalue weighted by molar-refractivity contribution is -0.108. The van der Waals surface area contributed by atoms with Crippen molar-refractivity contribution >= 4 is 16.8 Å². The van der Waals surface area contributed by atoms with Crippen molar-refractivity contribution in [2.45, 2.75) is 13.8 Å². The molecule has 0 radical (unpaired) electrons. The van der Waals surface area contributed by atoms with Gasteiger partial charge in [-0.25, -0.2) is 0 Å². The van der Waals surface area contributed by atoms with Crippen LogP contribution in [0.2, 0.25) is 0 Å². The minimum Gasteiger partial charge on any atom is -0.276 e. The quantitative estimate of drug-likeness (QED) is 0.362. The second-order valence-electron chi connectivity index (χ2n) is 2.16. The molecule has 0 heterocycles. The molecule has 0 atom stereocenters. The van der Waals surface area contributed by atoms with Gasteiger partial charge in [-0.05, 0) is 31.0 Å². The summed E-state index contributed by atoms with van der Waals surface area (Å²) in [6.45, 7) is 7.23. The number of hydrogen-bond donors (Lipinski definition) is 0. The molecule has 0 bridgehead atoms. The minimum atomic E-state index is -0.462. The van der Waals surface area contributed by atoms with Crippen LogP contribution in [0.1, 0.15) is 13.8 Å². The number of allylic oxidation sites excluding steroid dienone is 5. The third-order valence-electron chi connectivity index (χ3n) is 1.13. The van der Waals surface area contributed by atoms with Gasteiger partial charge in [0.05, 0.1) is 0 Å². The second-order valence-corrected chi connectivity index (χ2v) is 2.50. The first kappa shape index (κ1) is 10.2. The van der Waals surface area contributed by atoms with Crippen molar-refractivity contribution in [3.63, 3.8) is 0 Å². The second kappa shape index (κ2) is 4.91. The Hall–Kier alpha value is -0.820. The molecule has 0 saturated heterocycles. The van der Waals surface area contributed by atoms with E-state index in [0.717, 1.165) is 0 Å². The standard InChI is InChI=1S/C9H11ClO/c1-4-5-6-8(7(2)3)9(10)11/h4-6H,2H2,1,3H3/b5-4-,8-6+. The minimum absolute atomic E-state index is 0.462. The topological polar surface area (TPSA) is 17.1 Å². The highest BCUT2D eigenvalue weighted by Gasteiger charge is 2.03. The van der Waals surface area contributed by atoms with Crippen molar-refractivity contribution in [3.8, 4) is 0 Å². The van der Waals surface area contributed by atoms with Crippen LogP contribution in [0.15, 0.2) is 36.0 Å². The summed E-state index contributed by atoms with van der Waals surface area (Å²) in [5, 5.41) is -0.462. The Bertz CT molecular complexity index is 208. The van der Waals surface area contributed by atoms with E-state index in [1.807, 2.05) is 13.0 Å². The molecule has 0 saturated carbocycles. The maximum atomic E-state index is 10.7. The zero-order valence-electron chi connectivity index (χ0n) is 6.73. The number of carbonyl (C=O) groups excluding carboxylic acids is 1. The van der Waals surface area contributed by atoms with Crippen LogP contribution < -0.4 is 0 Å². The van der Waals surface area contributed by atoms with Gasteiger partial charge < -0.3 is 0 Å². The molecule has 0 aromatic rings. The molecule has 0 fully saturated rings. The van der Waals surface area contributed by atoms with Crippen molar-refractivity contribution in [1.29, 1.82) is 0 Å². The zero-order chi connectivity index (χ0) is 8.85. The molecule has 11 heavy (non-hydrogen) atoms. The van der Waals surface area contributed by atoms with E-state index in [0.29, 0.717) is 11.1 Å². The molecule has 0 aliphatic heterocycles. The van der Waals surface area contributed by atoms with E-state index in [-0.39, 0.29) is 0 Å². The highest BCUT2D eigenvalue weighted by Crippen LogP contribution is 2.10. The average molecular weight is 171 g/mol. The summed E-state index contributed by atoms with van der Waals surface area (Å²) in [5.41, 5.74) is 1.15. The Balaban J connectivity index is 4.60. The molecule has 0 unspecified atom stereocenters. The number of carbonyl (C=O) groups is 1. The van der Waals surface area contributed by atoms with E-state index >= 15 is 0 Å². The number of hydrogen-bond acceptors (Lipinski definition) is 1. The predicted octanol–water partition coefficient (Wildman–Crippen LogP) is 2.83. The molecule has 0 rings (SSSR count). The van der Waals surface area contributed by atoms with Gasteiger partial charge in [0.25, 0.3) is 5.24 Å². The summed E-state index contributed by atoms with van der Waals surface area (Å²) in [5.74, 6) is 0. The summed E-state index contributed by atoms with van der Waals surface area (Å²) in [6.07, 6.45) is 5.23. The first-order valence-corrected chi connectivity index (χ1v) is 3.66. The van der Waals surface area contributed by atoms with Crippen LogP contribution in [-0.2, 0) is 4.79 Å². The van der Waals surface area contributed by atoms with Crippen LogP contribution in [0.25, 0.3) is 0 Å². The van der Waals surface area contributed by atoms with Gasteiger partial charge in [0.1, 0.15) is 0 Å². The average Bonchev–Trinajstić information content (AvgIpc) is 1.87. The SMILES string of the molecule is C=C(C)/C(=C\C=C/C)C(=O)Cl. The molecule has 0 N–H and O–H groups in total. The first-order valence-electron chi connectivity index (χ1n) is 3.28. The Morgan fingerprint density at radius 3 is 2.36 bits per heavy atom. The van der Waals surface area contributed by atoms with Gasteiger partial charge in [0.2, 0.25) is 0 Å². The van der Waals surface area contributed by atoms with Crippen molar-refractivity contribution in [3.05, 3.63) is 36.0 Å².